The van der Waals surface area contributed by atoms with E-state index in [-0.39, 0.29) is 11.5 Å². The maximum atomic E-state index is 13.1. The van der Waals surface area contributed by atoms with Gasteiger partial charge in [-0.25, -0.2) is 18.2 Å². The highest BCUT2D eigenvalue weighted by Crippen LogP contribution is 2.32. The zero-order valence-corrected chi connectivity index (χ0v) is 19.6. The van der Waals surface area contributed by atoms with Crippen LogP contribution in [0.2, 0.25) is 0 Å². The molecular formula is C25H20N2O5S2. The zero-order chi connectivity index (χ0) is 23.5. The lowest BCUT2D eigenvalue weighted by Crippen LogP contribution is -2.29. The van der Waals surface area contributed by atoms with Crippen LogP contribution >= 0.6 is 11.3 Å². The average molecular weight is 493 g/mol. The Morgan fingerprint density at radius 1 is 1.12 bits per heavy atom. The molecule has 1 aliphatic rings. The quantitative estimate of drug-likeness (QED) is 0.269. The van der Waals surface area contributed by atoms with Gasteiger partial charge >= 0.3 is 5.97 Å². The van der Waals surface area contributed by atoms with Crippen molar-refractivity contribution in [2.45, 2.75) is 17.9 Å². The SMILES string of the molecule is O=C(/C=C/c1ccc(S(=O)(=O)N2CCc3ccccc32)cc1)OCc1coc(-c2cccs2)n1. The molecule has 34 heavy (non-hydrogen) atoms. The number of anilines is 1. The minimum absolute atomic E-state index is 0.00740. The second-order valence-electron chi connectivity index (χ2n) is 7.59. The molecule has 0 amide bonds. The summed E-state index contributed by atoms with van der Waals surface area (Å²) in [5.74, 6) is -0.0462. The summed E-state index contributed by atoms with van der Waals surface area (Å²) in [6, 6.07) is 17.7. The Labute approximate surface area is 201 Å². The van der Waals surface area contributed by atoms with Crippen molar-refractivity contribution < 1.29 is 22.4 Å². The number of nitrogens with zero attached hydrogens (tertiary/aromatic N) is 2. The van der Waals surface area contributed by atoms with Gasteiger partial charge in [-0.2, -0.15) is 0 Å². The molecule has 172 valence electrons. The van der Waals surface area contributed by atoms with Gasteiger partial charge in [-0.15, -0.1) is 11.3 Å². The molecule has 3 heterocycles. The van der Waals surface area contributed by atoms with Crippen LogP contribution in [-0.2, 0) is 32.6 Å². The number of thiophene rings is 1. The van der Waals surface area contributed by atoms with Gasteiger partial charge in [0.05, 0.1) is 15.5 Å². The first-order chi connectivity index (χ1) is 16.5. The molecule has 0 saturated carbocycles. The first-order valence-electron chi connectivity index (χ1n) is 10.5. The second kappa shape index (κ2) is 9.28. The number of sulfonamides is 1. The highest BCUT2D eigenvalue weighted by atomic mass is 32.2. The van der Waals surface area contributed by atoms with Crippen molar-refractivity contribution in [3.63, 3.8) is 0 Å². The molecule has 0 N–H and O–H groups in total. The summed E-state index contributed by atoms with van der Waals surface area (Å²) in [4.78, 5) is 17.5. The third kappa shape index (κ3) is 4.52. The fourth-order valence-electron chi connectivity index (χ4n) is 3.68. The van der Waals surface area contributed by atoms with Crippen molar-refractivity contribution in [3.8, 4) is 10.8 Å². The Morgan fingerprint density at radius 2 is 1.94 bits per heavy atom. The van der Waals surface area contributed by atoms with Crippen molar-refractivity contribution >= 4 is 39.1 Å². The van der Waals surface area contributed by atoms with Gasteiger partial charge in [0.2, 0.25) is 5.89 Å². The van der Waals surface area contributed by atoms with Gasteiger partial charge in [-0.3, -0.25) is 4.31 Å². The number of benzene rings is 2. The molecule has 5 rings (SSSR count). The topological polar surface area (TPSA) is 89.7 Å². The summed E-state index contributed by atoms with van der Waals surface area (Å²) in [5, 5.41) is 1.93. The van der Waals surface area contributed by atoms with Gasteiger partial charge in [0.1, 0.15) is 18.6 Å². The Bertz CT molecular complexity index is 1440. The highest BCUT2D eigenvalue weighted by molar-refractivity contribution is 7.92. The standard InChI is InChI=1S/C25H20N2O5S2/c28-24(31-16-20-17-32-25(26-20)23-6-3-15-33-23)12-9-18-7-10-21(11-8-18)34(29,30)27-14-13-19-4-1-2-5-22(19)27/h1-12,15,17H,13-14,16H2/b12-9+. The minimum atomic E-state index is -3.65. The molecule has 0 saturated heterocycles. The third-order valence-electron chi connectivity index (χ3n) is 5.37. The van der Waals surface area contributed by atoms with E-state index in [9.17, 15) is 13.2 Å². The predicted molar refractivity (Wildman–Crippen MR) is 130 cm³/mol. The monoisotopic (exact) mass is 492 g/mol. The molecule has 0 fully saturated rings. The van der Waals surface area contributed by atoms with Gasteiger partial charge in [0.15, 0.2) is 0 Å². The molecule has 0 spiro atoms. The number of oxazole rings is 1. The van der Waals surface area contributed by atoms with Crippen molar-refractivity contribution in [1.29, 1.82) is 0 Å². The molecule has 9 heteroatoms. The van der Waals surface area contributed by atoms with E-state index in [2.05, 4.69) is 4.98 Å². The van der Waals surface area contributed by atoms with E-state index in [1.165, 1.54) is 28.0 Å². The molecule has 0 bridgehead atoms. The highest BCUT2D eigenvalue weighted by Gasteiger charge is 2.30. The predicted octanol–water partition coefficient (Wildman–Crippen LogP) is 4.91. The number of aromatic nitrogens is 1. The lowest BCUT2D eigenvalue weighted by Gasteiger charge is -2.19. The largest absolute Gasteiger partial charge is 0.456 e. The van der Waals surface area contributed by atoms with Crippen LogP contribution in [-0.4, -0.2) is 25.9 Å². The van der Waals surface area contributed by atoms with Gasteiger partial charge in [0, 0.05) is 12.6 Å². The van der Waals surface area contributed by atoms with E-state index in [4.69, 9.17) is 9.15 Å². The number of fused-ring (bicyclic) bond motifs is 1. The minimum Gasteiger partial charge on any atom is -0.456 e. The Kier molecular flexibility index (Phi) is 6.04. The van der Waals surface area contributed by atoms with Crippen LogP contribution < -0.4 is 4.31 Å². The lowest BCUT2D eigenvalue weighted by molar-refractivity contribution is -0.139. The van der Waals surface area contributed by atoms with Gasteiger partial charge in [0.25, 0.3) is 10.0 Å². The molecule has 0 radical (unpaired) electrons. The third-order valence-corrected chi connectivity index (χ3v) is 8.06. The summed E-state index contributed by atoms with van der Waals surface area (Å²) in [6.07, 6.45) is 5.02. The van der Waals surface area contributed by atoms with Crippen LogP contribution in [0.1, 0.15) is 16.8 Å². The van der Waals surface area contributed by atoms with E-state index in [1.54, 1.807) is 30.3 Å². The number of carbonyl (C=O) groups is 1. The average Bonchev–Trinajstić information content (AvgIpc) is 3.62. The van der Waals surface area contributed by atoms with E-state index < -0.39 is 16.0 Å². The van der Waals surface area contributed by atoms with Crippen molar-refractivity contribution in [1.82, 2.24) is 4.98 Å². The Hall–Kier alpha value is -3.69. The summed E-state index contributed by atoms with van der Waals surface area (Å²) >= 11 is 1.51. The van der Waals surface area contributed by atoms with Crippen LogP contribution in [0.15, 0.2) is 87.7 Å². The first-order valence-corrected chi connectivity index (χ1v) is 12.9. The van der Waals surface area contributed by atoms with Crippen LogP contribution in [0.4, 0.5) is 5.69 Å². The van der Waals surface area contributed by atoms with Crippen molar-refractivity contribution in [3.05, 3.63) is 95.2 Å². The first kappa shape index (κ1) is 22.1. The van der Waals surface area contributed by atoms with E-state index in [0.717, 1.165) is 16.1 Å². The van der Waals surface area contributed by atoms with Crippen LogP contribution in [0, 0.1) is 0 Å². The molecule has 7 nitrogen and oxygen atoms in total. The fourth-order valence-corrected chi connectivity index (χ4v) is 5.84. The van der Waals surface area contributed by atoms with Crippen molar-refractivity contribution in [2.75, 3.05) is 10.8 Å². The van der Waals surface area contributed by atoms with Crippen LogP contribution in [0.5, 0.6) is 0 Å². The molecule has 2 aromatic heterocycles. The van der Waals surface area contributed by atoms with Crippen molar-refractivity contribution in [2.24, 2.45) is 0 Å². The molecule has 0 aliphatic carbocycles. The Balaban J connectivity index is 1.19. The maximum absolute atomic E-state index is 13.1. The second-order valence-corrected chi connectivity index (χ2v) is 10.4. The molecule has 2 aromatic carbocycles. The number of hydrogen-bond acceptors (Lipinski definition) is 7. The number of esters is 1. The maximum Gasteiger partial charge on any atom is 0.331 e. The van der Waals surface area contributed by atoms with Crippen LogP contribution in [0.25, 0.3) is 16.8 Å². The lowest BCUT2D eigenvalue weighted by atomic mass is 10.2. The fraction of sp³-hybridized carbons (Fsp3) is 0.120. The summed E-state index contributed by atoms with van der Waals surface area (Å²) in [6.45, 7) is 0.419. The molecule has 4 aromatic rings. The zero-order valence-electron chi connectivity index (χ0n) is 18.0. The Morgan fingerprint density at radius 3 is 2.74 bits per heavy atom. The normalized spacial score (nSPS) is 13.4. The number of para-hydroxylation sites is 1. The number of rotatable bonds is 7. The number of ether oxygens (including phenoxy) is 1. The van der Waals surface area contributed by atoms with E-state index in [0.29, 0.717) is 30.1 Å². The molecule has 0 unspecified atom stereocenters. The molecule has 0 atom stereocenters. The summed E-state index contributed by atoms with van der Waals surface area (Å²) in [5.41, 5.74) is 2.95. The van der Waals surface area contributed by atoms with E-state index >= 15 is 0 Å². The molecule has 1 aliphatic heterocycles. The van der Waals surface area contributed by atoms with Crippen LogP contribution in [0.3, 0.4) is 0 Å². The van der Waals surface area contributed by atoms with E-state index in [1.807, 2.05) is 41.8 Å². The number of hydrogen-bond donors (Lipinski definition) is 0. The summed E-state index contributed by atoms with van der Waals surface area (Å²) < 4.78 is 38.2. The van der Waals surface area contributed by atoms with Gasteiger partial charge in [-0.1, -0.05) is 36.4 Å². The molecular weight excluding hydrogens is 472 g/mol. The number of carbonyl (C=O) groups excluding carboxylic acids is 1. The summed E-state index contributed by atoms with van der Waals surface area (Å²) in [7, 11) is -3.65. The smallest absolute Gasteiger partial charge is 0.331 e. The van der Waals surface area contributed by atoms with Gasteiger partial charge < -0.3 is 9.15 Å². The van der Waals surface area contributed by atoms with Gasteiger partial charge in [-0.05, 0) is 53.3 Å².